The highest BCUT2D eigenvalue weighted by atomic mass is 32.2. The first-order chi connectivity index (χ1) is 15.6. The Balaban J connectivity index is 1.53. The average Bonchev–Trinajstić information content (AvgIpc) is 2.81. The number of methoxy groups -OCH3 is 1. The van der Waals surface area contributed by atoms with Gasteiger partial charge in [0.1, 0.15) is 5.75 Å². The monoisotopic (exact) mass is 495 g/mol. The standard InChI is InChI=1S/C22H29N3O6S2/c1-31-20-12-10-19(11-13-20)25(32(2,27)28)14-6-9-22(26)23-15-17-24(18-16-23)33(29,30)21-7-4-3-5-8-21/h3-5,7-8,10-13H,6,9,14-18H2,1-2H3. The van der Waals surface area contributed by atoms with E-state index in [-0.39, 0.29) is 36.9 Å². The number of carbonyl (C=O) groups excluding carboxylic acids is 1. The Morgan fingerprint density at radius 2 is 1.55 bits per heavy atom. The van der Waals surface area contributed by atoms with Crippen molar-refractivity contribution in [2.45, 2.75) is 17.7 Å². The Hall–Kier alpha value is -2.63. The summed E-state index contributed by atoms with van der Waals surface area (Å²) in [4.78, 5) is 14.5. The van der Waals surface area contributed by atoms with Crippen molar-refractivity contribution in [3.63, 3.8) is 0 Å². The van der Waals surface area contributed by atoms with E-state index in [9.17, 15) is 21.6 Å². The molecule has 0 saturated carbocycles. The van der Waals surface area contributed by atoms with E-state index in [0.717, 1.165) is 6.26 Å². The molecule has 1 aliphatic rings. The van der Waals surface area contributed by atoms with Gasteiger partial charge in [0, 0.05) is 39.1 Å². The number of rotatable bonds is 9. The van der Waals surface area contributed by atoms with Crippen LogP contribution in [0.2, 0.25) is 0 Å². The average molecular weight is 496 g/mol. The summed E-state index contributed by atoms with van der Waals surface area (Å²) >= 11 is 0. The van der Waals surface area contributed by atoms with Crippen molar-refractivity contribution in [3.05, 3.63) is 54.6 Å². The van der Waals surface area contributed by atoms with Crippen molar-refractivity contribution in [2.24, 2.45) is 0 Å². The molecule has 0 unspecified atom stereocenters. The van der Waals surface area contributed by atoms with Gasteiger partial charge in [-0.25, -0.2) is 16.8 Å². The van der Waals surface area contributed by atoms with Crippen molar-refractivity contribution >= 4 is 31.6 Å². The third-order valence-corrected chi connectivity index (χ3v) is 8.59. The van der Waals surface area contributed by atoms with Crippen LogP contribution in [0.3, 0.4) is 0 Å². The molecule has 2 aromatic carbocycles. The highest BCUT2D eigenvalue weighted by Gasteiger charge is 2.30. The number of benzene rings is 2. The molecule has 0 aliphatic carbocycles. The molecule has 0 atom stereocenters. The van der Waals surface area contributed by atoms with E-state index in [1.807, 2.05) is 0 Å². The van der Waals surface area contributed by atoms with Gasteiger partial charge in [-0.1, -0.05) is 18.2 Å². The summed E-state index contributed by atoms with van der Waals surface area (Å²) in [5.41, 5.74) is 0.505. The van der Waals surface area contributed by atoms with Crippen LogP contribution in [0.1, 0.15) is 12.8 Å². The molecule has 1 fully saturated rings. The third kappa shape index (κ3) is 6.24. The molecular weight excluding hydrogens is 466 g/mol. The molecule has 3 rings (SSSR count). The Kier molecular flexibility index (Phi) is 7.98. The maximum atomic E-state index is 12.7. The number of nitrogens with zero attached hydrogens (tertiary/aromatic N) is 3. The predicted molar refractivity (Wildman–Crippen MR) is 126 cm³/mol. The molecule has 2 aromatic rings. The Morgan fingerprint density at radius 3 is 2.09 bits per heavy atom. The fraction of sp³-hybridized carbons (Fsp3) is 0.409. The maximum Gasteiger partial charge on any atom is 0.243 e. The minimum atomic E-state index is -3.58. The summed E-state index contributed by atoms with van der Waals surface area (Å²) in [5, 5.41) is 0. The highest BCUT2D eigenvalue weighted by molar-refractivity contribution is 7.92. The van der Waals surface area contributed by atoms with Gasteiger partial charge in [-0.15, -0.1) is 0 Å². The quantitative estimate of drug-likeness (QED) is 0.525. The first kappa shape index (κ1) is 25.0. The molecule has 0 radical (unpaired) electrons. The second-order valence-corrected chi connectivity index (χ2v) is 11.6. The first-order valence-electron chi connectivity index (χ1n) is 10.6. The summed E-state index contributed by atoms with van der Waals surface area (Å²) in [6.45, 7) is 1.23. The largest absolute Gasteiger partial charge is 0.497 e. The van der Waals surface area contributed by atoms with Gasteiger partial charge in [0.15, 0.2) is 0 Å². The second-order valence-electron chi connectivity index (χ2n) is 7.73. The topological polar surface area (TPSA) is 104 Å². The summed E-state index contributed by atoms with van der Waals surface area (Å²) in [7, 11) is -5.56. The zero-order valence-corrected chi connectivity index (χ0v) is 20.4. The summed E-state index contributed by atoms with van der Waals surface area (Å²) in [6.07, 6.45) is 1.65. The minimum Gasteiger partial charge on any atom is -0.497 e. The first-order valence-corrected chi connectivity index (χ1v) is 13.9. The lowest BCUT2D eigenvalue weighted by atomic mass is 10.2. The fourth-order valence-corrected chi connectivity index (χ4v) is 6.09. The van der Waals surface area contributed by atoms with Crippen LogP contribution in [0, 0.1) is 0 Å². The van der Waals surface area contributed by atoms with Crippen LogP contribution in [-0.4, -0.2) is 78.0 Å². The van der Waals surface area contributed by atoms with Crippen molar-refractivity contribution in [1.29, 1.82) is 0 Å². The van der Waals surface area contributed by atoms with Gasteiger partial charge in [-0.05, 0) is 42.8 Å². The van der Waals surface area contributed by atoms with Crippen molar-refractivity contribution in [2.75, 3.05) is 50.4 Å². The lowest BCUT2D eigenvalue weighted by Gasteiger charge is -2.34. The number of carbonyl (C=O) groups is 1. The Morgan fingerprint density at radius 1 is 0.939 bits per heavy atom. The molecule has 0 aromatic heterocycles. The van der Waals surface area contributed by atoms with E-state index >= 15 is 0 Å². The van der Waals surface area contributed by atoms with E-state index in [2.05, 4.69) is 0 Å². The molecule has 1 saturated heterocycles. The van der Waals surface area contributed by atoms with Gasteiger partial charge in [0.2, 0.25) is 26.0 Å². The summed E-state index contributed by atoms with van der Waals surface area (Å²) in [5.74, 6) is 0.505. The van der Waals surface area contributed by atoms with Crippen LogP contribution in [0.4, 0.5) is 5.69 Å². The molecule has 0 N–H and O–H groups in total. The van der Waals surface area contributed by atoms with Gasteiger partial charge in [-0.2, -0.15) is 4.31 Å². The minimum absolute atomic E-state index is 0.116. The summed E-state index contributed by atoms with van der Waals surface area (Å²) in [6, 6.07) is 14.9. The van der Waals surface area contributed by atoms with Crippen molar-refractivity contribution in [1.82, 2.24) is 9.21 Å². The predicted octanol–water partition coefficient (Wildman–Crippen LogP) is 1.77. The van der Waals surface area contributed by atoms with Crippen LogP contribution >= 0.6 is 0 Å². The van der Waals surface area contributed by atoms with Gasteiger partial charge in [0.05, 0.1) is 23.9 Å². The van der Waals surface area contributed by atoms with Gasteiger partial charge in [0.25, 0.3) is 0 Å². The van der Waals surface area contributed by atoms with Crippen LogP contribution in [0.25, 0.3) is 0 Å². The van der Waals surface area contributed by atoms with E-state index in [4.69, 9.17) is 4.74 Å². The molecule has 1 amide bonds. The fourth-order valence-electron chi connectivity index (χ4n) is 3.69. The lowest BCUT2D eigenvalue weighted by molar-refractivity contribution is -0.132. The van der Waals surface area contributed by atoms with E-state index in [1.54, 1.807) is 59.5 Å². The highest BCUT2D eigenvalue weighted by Crippen LogP contribution is 2.22. The number of sulfonamides is 2. The zero-order chi connectivity index (χ0) is 24.1. The molecule has 33 heavy (non-hydrogen) atoms. The molecule has 9 nitrogen and oxygen atoms in total. The number of hydrogen-bond donors (Lipinski definition) is 0. The smallest absolute Gasteiger partial charge is 0.243 e. The maximum absolute atomic E-state index is 12.7. The number of anilines is 1. The van der Waals surface area contributed by atoms with E-state index < -0.39 is 20.0 Å². The normalized spacial score (nSPS) is 15.3. The molecular formula is C22H29N3O6S2. The van der Waals surface area contributed by atoms with E-state index in [0.29, 0.717) is 30.9 Å². The number of piperazine rings is 1. The zero-order valence-electron chi connectivity index (χ0n) is 18.8. The Bertz CT molecular complexity index is 1140. The molecule has 0 spiro atoms. The summed E-state index contributed by atoms with van der Waals surface area (Å²) < 4.78 is 57.7. The van der Waals surface area contributed by atoms with Crippen LogP contribution < -0.4 is 9.04 Å². The van der Waals surface area contributed by atoms with E-state index in [1.165, 1.54) is 15.7 Å². The molecule has 0 bridgehead atoms. The molecule has 1 aliphatic heterocycles. The lowest BCUT2D eigenvalue weighted by Crippen LogP contribution is -2.50. The van der Waals surface area contributed by atoms with Crippen molar-refractivity contribution < 1.29 is 26.4 Å². The SMILES string of the molecule is COc1ccc(N(CCCC(=O)N2CCN(S(=O)(=O)c3ccccc3)CC2)S(C)(=O)=O)cc1. The number of ether oxygens (including phenoxy) is 1. The van der Waals surface area contributed by atoms with Gasteiger partial charge in [-0.3, -0.25) is 9.10 Å². The second kappa shape index (κ2) is 10.5. The number of hydrogen-bond acceptors (Lipinski definition) is 6. The van der Waals surface area contributed by atoms with Gasteiger partial charge >= 0.3 is 0 Å². The van der Waals surface area contributed by atoms with Crippen molar-refractivity contribution in [3.8, 4) is 5.75 Å². The van der Waals surface area contributed by atoms with Crippen LogP contribution in [0.5, 0.6) is 5.75 Å². The third-order valence-electron chi connectivity index (χ3n) is 5.48. The molecule has 11 heteroatoms. The van der Waals surface area contributed by atoms with Crippen LogP contribution in [0.15, 0.2) is 59.5 Å². The number of amides is 1. The van der Waals surface area contributed by atoms with Crippen LogP contribution in [-0.2, 0) is 24.8 Å². The molecule has 1 heterocycles. The molecule has 180 valence electrons. The Labute approximate surface area is 195 Å². The van der Waals surface area contributed by atoms with Gasteiger partial charge < -0.3 is 9.64 Å².